The van der Waals surface area contributed by atoms with Crippen LogP contribution in [0.5, 0.6) is 0 Å². The third-order valence-electron chi connectivity index (χ3n) is 3.04. The van der Waals surface area contributed by atoms with E-state index in [0.29, 0.717) is 11.1 Å². The highest BCUT2D eigenvalue weighted by Gasteiger charge is 2.21. The van der Waals surface area contributed by atoms with Crippen molar-refractivity contribution >= 4 is 11.8 Å². The van der Waals surface area contributed by atoms with E-state index in [2.05, 4.69) is 5.32 Å². The third kappa shape index (κ3) is 3.46. The summed E-state index contributed by atoms with van der Waals surface area (Å²) in [4.78, 5) is 23.6. The van der Waals surface area contributed by atoms with E-state index in [9.17, 15) is 14.0 Å². The summed E-state index contributed by atoms with van der Waals surface area (Å²) >= 11 is 0. The molecule has 0 fully saturated rings. The number of carbonyl (C=O) groups excluding carboxylic acids is 2. The zero-order chi connectivity index (χ0) is 16.1. The van der Waals surface area contributed by atoms with Gasteiger partial charge in [0.2, 0.25) is 5.91 Å². The van der Waals surface area contributed by atoms with Gasteiger partial charge in [-0.1, -0.05) is 12.1 Å². The number of benzene rings is 2. The Bertz CT molecular complexity index is 733. The molecule has 2 aromatic carbocycles. The minimum Gasteiger partial charge on any atom is -0.368 e. The van der Waals surface area contributed by atoms with Crippen molar-refractivity contribution in [2.45, 2.75) is 6.04 Å². The van der Waals surface area contributed by atoms with Crippen molar-refractivity contribution in [2.24, 2.45) is 5.73 Å². The van der Waals surface area contributed by atoms with Gasteiger partial charge in [0.05, 0.1) is 11.6 Å². The van der Waals surface area contributed by atoms with Gasteiger partial charge in [0.15, 0.2) is 0 Å². The van der Waals surface area contributed by atoms with E-state index >= 15 is 0 Å². The summed E-state index contributed by atoms with van der Waals surface area (Å²) in [6, 6.07) is 11.9. The maximum absolute atomic E-state index is 12.9. The van der Waals surface area contributed by atoms with E-state index < -0.39 is 23.7 Å². The van der Waals surface area contributed by atoms with Gasteiger partial charge in [-0.15, -0.1) is 0 Å². The molecule has 2 amide bonds. The lowest BCUT2D eigenvalue weighted by molar-refractivity contribution is -0.120. The molecule has 1 atom stereocenters. The van der Waals surface area contributed by atoms with Gasteiger partial charge in [-0.25, -0.2) is 4.39 Å². The summed E-state index contributed by atoms with van der Waals surface area (Å²) in [6.07, 6.45) is 0. The van der Waals surface area contributed by atoms with Crippen LogP contribution < -0.4 is 11.1 Å². The Hall–Kier alpha value is -3.20. The molecule has 2 aromatic rings. The average Bonchev–Trinajstić information content (AvgIpc) is 2.53. The van der Waals surface area contributed by atoms with E-state index in [1.165, 1.54) is 48.5 Å². The van der Waals surface area contributed by atoms with Gasteiger partial charge in [-0.3, -0.25) is 9.59 Å². The molecule has 0 aliphatic carbocycles. The molecule has 1 unspecified atom stereocenters. The number of hydrogen-bond acceptors (Lipinski definition) is 3. The highest BCUT2D eigenvalue weighted by Crippen LogP contribution is 2.14. The number of nitriles is 1. The Morgan fingerprint density at radius 1 is 1.09 bits per heavy atom. The van der Waals surface area contributed by atoms with Gasteiger partial charge < -0.3 is 11.1 Å². The number of hydrogen-bond donors (Lipinski definition) is 2. The number of primary amides is 1. The smallest absolute Gasteiger partial charge is 0.252 e. The lowest BCUT2D eigenvalue weighted by atomic mass is 10.1. The lowest BCUT2D eigenvalue weighted by Gasteiger charge is -2.16. The number of carbonyl (C=O) groups is 2. The molecule has 110 valence electrons. The van der Waals surface area contributed by atoms with E-state index in [0.717, 1.165) is 0 Å². The van der Waals surface area contributed by atoms with Crippen molar-refractivity contribution in [1.29, 1.82) is 5.26 Å². The summed E-state index contributed by atoms with van der Waals surface area (Å²) < 4.78 is 12.9. The number of nitrogens with one attached hydrogen (secondary N) is 1. The molecular weight excluding hydrogens is 285 g/mol. The van der Waals surface area contributed by atoms with Crippen LogP contribution in [0.2, 0.25) is 0 Å². The van der Waals surface area contributed by atoms with E-state index in [4.69, 9.17) is 11.0 Å². The zero-order valence-electron chi connectivity index (χ0n) is 11.4. The summed E-state index contributed by atoms with van der Waals surface area (Å²) in [5, 5.41) is 11.2. The Balaban J connectivity index is 2.20. The summed E-state index contributed by atoms with van der Waals surface area (Å²) in [7, 11) is 0. The van der Waals surface area contributed by atoms with Crippen molar-refractivity contribution in [1.82, 2.24) is 5.32 Å². The predicted octanol–water partition coefficient (Wildman–Crippen LogP) is 1.65. The van der Waals surface area contributed by atoms with Crippen molar-refractivity contribution in [3.63, 3.8) is 0 Å². The first-order valence-corrected chi connectivity index (χ1v) is 6.37. The van der Waals surface area contributed by atoms with Gasteiger partial charge >= 0.3 is 0 Å². The van der Waals surface area contributed by atoms with Crippen LogP contribution in [-0.4, -0.2) is 11.8 Å². The second-order valence-corrected chi connectivity index (χ2v) is 4.55. The molecule has 2 rings (SSSR count). The molecule has 0 aliphatic heterocycles. The fraction of sp³-hybridized carbons (Fsp3) is 0.0625. The molecular formula is C16H12FN3O2. The van der Waals surface area contributed by atoms with Crippen LogP contribution in [0.1, 0.15) is 27.5 Å². The van der Waals surface area contributed by atoms with E-state index in [1.54, 1.807) is 0 Å². The minimum atomic E-state index is -1.07. The van der Waals surface area contributed by atoms with Crippen LogP contribution >= 0.6 is 0 Å². The van der Waals surface area contributed by atoms with Crippen molar-refractivity contribution in [2.75, 3.05) is 0 Å². The molecule has 0 bridgehead atoms. The fourth-order valence-corrected chi connectivity index (χ4v) is 1.88. The zero-order valence-corrected chi connectivity index (χ0v) is 11.4. The number of nitrogens with zero attached hydrogens (tertiary/aromatic N) is 1. The first kappa shape index (κ1) is 15.2. The van der Waals surface area contributed by atoms with Crippen LogP contribution in [0.25, 0.3) is 0 Å². The van der Waals surface area contributed by atoms with Crippen LogP contribution in [0.4, 0.5) is 4.39 Å². The Labute approximate surface area is 126 Å². The average molecular weight is 297 g/mol. The third-order valence-corrected chi connectivity index (χ3v) is 3.04. The largest absolute Gasteiger partial charge is 0.368 e. The molecule has 22 heavy (non-hydrogen) atoms. The maximum Gasteiger partial charge on any atom is 0.252 e. The molecule has 0 aromatic heterocycles. The predicted molar refractivity (Wildman–Crippen MR) is 77.0 cm³/mol. The van der Waals surface area contributed by atoms with Crippen LogP contribution in [0.3, 0.4) is 0 Å². The van der Waals surface area contributed by atoms with Gasteiger partial charge in [-0.2, -0.15) is 5.26 Å². The summed E-state index contributed by atoms with van der Waals surface area (Å²) in [5.74, 6) is -1.73. The first-order valence-electron chi connectivity index (χ1n) is 6.37. The number of amides is 2. The second-order valence-electron chi connectivity index (χ2n) is 4.55. The molecule has 0 saturated carbocycles. The monoisotopic (exact) mass is 297 g/mol. The quantitative estimate of drug-likeness (QED) is 0.898. The Morgan fingerprint density at radius 2 is 1.68 bits per heavy atom. The van der Waals surface area contributed by atoms with Crippen LogP contribution in [0.15, 0.2) is 48.5 Å². The number of rotatable bonds is 4. The highest BCUT2D eigenvalue weighted by atomic mass is 19.1. The van der Waals surface area contributed by atoms with Crippen LogP contribution in [-0.2, 0) is 4.79 Å². The van der Waals surface area contributed by atoms with Crippen molar-refractivity contribution in [3.8, 4) is 6.07 Å². The summed E-state index contributed by atoms with van der Waals surface area (Å²) in [6.45, 7) is 0. The molecule has 0 saturated heterocycles. The minimum absolute atomic E-state index is 0.285. The highest BCUT2D eigenvalue weighted by molar-refractivity contribution is 5.97. The molecule has 0 spiro atoms. The Kier molecular flexibility index (Phi) is 4.49. The van der Waals surface area contributed by atoms with Gasteiger partial charge in [0, 0.05) is 5.56 Å². The van der Waals surface area contributed by atoms with Crippen LogP contribution in [0, 0.1) is 17.1 Å². The van der Waals surface area contributed by atoms with Crippen molar-refractivity contribution in [3.05, 3.63) is 71.0 Å². The van der Waals surface area contributed by atoms with E-state index in [-0.39, 0.29) is 5.56 Å². The van der Waals surface area contributed by atoms with E-state index in [1.807, 2.05) is 6.07 Å². The SMILES string of the molecule is N#Cc1ccc(C(=O)NC(C(N)=O)c2ccc(F)cc2)cc1. The van der Waals surface area contributed by atoms with Gasteiger partial charge in [-0.05, 0) is 42.0 Å². The molecule has 0 heterocycles. The van der Waals surface area contributed by atoms with Crippen molar-refractivity contribution < 1.29 is 14.0 Å². The maximum atomic E-state index is 12.9. The molecule has 3 N–H and O–H groups in total. The lowest BCUT2D eigenvalue weighted by Crippen LogP contribution is -2.37. The van der Waals surface area contributed by atoms with Gasteiger partial charge in [0.1, 0.15) is 11.9 Å². The molecule has 0 radical (unpaired) electrons. The molecule has 6 heteroatoms. The fourth-order valence-electron chi connectivity index (χ4n) is 1.88. The number of halogens is 1. The summed E-state index contributed by atoms with van der Waals surface area (Å²) in [5.41, 5.74) is 6.38. The molecule has 5 nitrogen and oxygen atoms in total. The topological polar surface area (TPSA) is 96.0 Å². The molecule has 0 aliphatic rings. The van der Waals surface area contributed by atoms with Gasteiger partial charge in [0.25, 0.3) is 5.91 Å². The number of nitrogens with two attached hydrogens (primary N) is 1. The first-order chi connectivity index (χ1) is 10.5. The standard InChI is InChI=1S/C16H12FN3O2/c17-13-7-5-11(6-8-13)14(15(19)21)20-16(22)12-3-1-10(9-18)2-4-12/h1-8,14H,(H2,19,21)(H,20,22). The normalized spacial score (nSPS) is 11.3. The second kappa shape index (κ2) is 6.50. The Morgan fingerprint density at radius 3 is 2.18 bits per heavy atom.